The Morgan fingerprint density at radius 1 is 1.50 bits per heavy atom. The minimum atomic E-state index is 0.296. The lowest BCUT2D eigenvalue weighted by molar-refractivity contribution is 0.380. The molecule has 0 radical (unpaired) electrons. The second-order valence-electron chi connectivity index (χ2n) is 4.91. The van der Waals surface area contributed by atoms with Gasteiger partial charge in [0.15, 0.2) is 5.65 Å². The lowest BCUT2D eigenvalue weighted by Crippen LogP contribution is -2.46. The second kappa shape index (κ2) is 4.51. The summed E-state index contributed by atoms with van der Waals surface area (Å²) in [6.45, 7) is 4.04. The summed E-state index contributed by atoms with van der Waals surface area (Å²) >= 11 is 3.49. The van der Waals surface area contributed by atoms with Crippen LogP contribution >= 0.6 is 15.9 Å². The molecule has 18 heavy (non-hydrogen) atoms. The summed E-state index contributed by atoms with van der Waals surface area (Å²) in [7, 11) is 0. The van der Waals surface area contributed by atoms with Gasteiger partial charge >= 0.3 is 0 Å². The highest BCUT2D eigenvalue weighted by atomic mass is 79.9. The van der Waals surface area contributed by atoms with Gasteiger partial charge < -0.3 is 10.6 Å². The zero-order chi connectivity index (χ0) is 12.7. The van der Waals surface area contributed by atoms with E-state index in [1.165, 1.54) is 0 Å². The van der Waals surface area contributed by atoms with E-state index in [0.717, 1.165) is 35.6 Å². The van der Waals surface area contributed by atoms with E-state index in [4.69, 9.17) is 5.73 Å². The molecule has 0 aromatic carbocycles. The van der Waals surface area contributed by atoms with Crippen LogP contribution in [0.3, 0.4) is 0 Å². The Bertz CT molecular complexity index is 567. The zero-order valence-corrected chi connectivity index (χ0v) is 11.8. The number of hydrogen-bond acceptors (Lipinski definition) is 4. The van der Waals surface area contributed by atoms with Crippen LogP contribution in [0, 0.1) is 5.92 Å². The molecule has 1 fully saturated rings. The van der Waals surface area contributed by atoms with Gasteiger partial charge in [0.1, 0.15) is 0 Å². The minimum Gasteiger partial charge on any atom is -0.339 e. The number of pyridine rings is 1. The largest absolute Gasteiger partial charge is 0.339 e. The summed E-state index contributed by atoms with van der Waals surface area (Å²) in [5.74, 6) is 1.27. The highest BCUT2D eigenvalue weighted by molar-refractivity contribution is 9.10. The second-order valence-corrected chi connectivity index (χ2v) is 5.77. The minimum absolute atomic E-state index is 0.296. The highest BCUT2D eigenvalue weighted by Gasteiger charge is 2.25. The molecule has 3 rings (SSSR count). The lowest BCUT2D eigenvalue weighted by atomic mass is 9.95. The third-order valence-electron chi connectivity index (χ3n) is 3.56. The van der Waals surface area contributed by atoms with Crippen LogP contribution in [-0.4, -0.2) is 33.7 Å². The first-order chi connectivity index (χ1) is 8.65. The third kappa shape index (κ3) is 1.99. The fraction of sp³-hybridized carbons (Fsp3) is 0.500. The van der Waals surface area contributed by atoms with Crippen molar-refractivity contribution in [1.29, 1.82) is 0 Å². The van der Waals surface area contributed by atoms with Crippen molar-refractivity contribution in [3.8, 4) is 0 Å². The van der Waals surface area contributed by atoms with E-state index in [1.54, 1.807) is 4.52 Å². The molecule has 2 aromatic heterocycles. The summed E-state index contributed by atoms with van der Waals surface area (Å²) in [6, 6.07) is 4.22. The predicted octanol–water partition coefficient (Wildman–Crippen LogP) is 1.67. The first-order valence-corrected chi connectivity index (χ1v) is 6.96. The molecule has 5 nitrogen and oxygen atoms in total. The van der Waals surface area contributed by atoms with Crippen LogP contribution in [-0.2, 0) is 0 Å². The van der Waals surface area contributed by atoms with Crippen LogP contribution in [0.5, 0.6) is 0 Å². The number of rotatable bonds is 1. The Morgan fingerprint density at radius 3 is 3.06 bits per heavy atom. The van der Waals surface area contributed by atoms with Crippen LogP contribution in [0.2, 0.25) is 0 Å². The van der Waals surface area contributed by atoms with Gasteiger partial charge in [0.05, 0.1) is 4.47 Å². The smallest absolute Gasteiger partial charge is 0.245 e. The maximum atomic E-state index is 6.04. The zero-order valence-electron chi connectivity index (χ0n) is 10.3. The molecular weight excluding hydrogens is 294 g/mol. The van der Waals surface area contributed by atoms with Crippen molar-refractivity contribution >= 4 is 27.5 Å². The van der Waals surface area contributed by atoms with Gasteiger partial charge in [-0.25, -0.2) is 4.52 Å². The van der Waals surface area contributed by atoms with Crippen molar-refractivity contribution < 1.29 is 0 Å². The molecule has 0 bridgehead atoms. The Hall–Kier alpha value is -1.14. The van der Waals surface area contributed by atoms with Crippen LogP contribution < -0.4 is 10.6 Å². The first-order valence-electron chi connectivity index (χ1n) is 6.16. The molecule has 2 N–H and O–H groups in total. The average Bonchev–Trinajstić information content (AvgIpc) is 2.78. The molecule has 0 spiro atoms. The SMILES string of the molecule is CC1CN(c2nc3c(Br)cccn3n2)CCC1N. The maximum absolute atomic E-state index is 6.04. The van der Waals surface area contributed by atoms with Crippen molar-refractivity contribution in [2.45, 2.75) is 19.4 Å². The van der Waals surface area contributed by atoms with Crippen molar-refractivity contribution in [1.82, 2.24) is 14.6 Å². The number of piperidine rings is 1. The molecule has 1 aliphatic heterocycles. The van der Waals surface area contributed by atoms with Gasteiger partial charge in [-0.3, -0.25) is 0 Å². The Balaban J connectivity index is 1.93. The van der Waals surface area contributed by atoms with Crippen LogP contribution in [0.1, 0.15) is 13.3 Å². The normalized spacial score (nSPS) is 24.7. The molecule has 1 aliphatic rings. The van der Waals surface area contributed by atoms with E-state index in [1.807, 2.05) is 18.3 Å². The van der Waals surface area contributed by atoms with Gasteiger partial charge in [-0.1, -0.05) is 6.92 Å². The average molecular weight is 310 g/mol. The van der Waals surface area contributed by atoms with Crippen molar-refractivity contribution in [3.63, 3.8) is 0 Å². The van der Waals surface area contributed by atoms with Gasteiger partial charge in [0.2, 0.25) is 5.95 Å². The van der Waals surface area contributed by atoms with Crippen LogP contribution in [0.4, 0.5) is 5.95 Å². The lowest BCUT2D eigenvalue weighted by Gasteiger charge is -2.34. The van der Waals surface area contributed by atoms with Crippen LogP contribution in [0.15, 0.2) is 22.8 Å². The first kappa shape index (κ1) is 11.9. The molecule has 2 unspecified atom stereocenters. The summed E-state index contributed by atoms with van der Waals surface area (Å²) in [5, 5.41) is 4.52. The van der Waals surface area contributed by atoms with E-state index >= 15 is 0 Å². The Labute approximate surface area is 114 Å². The molecule has 96 valence electrons. The summed E-state index contributed by atoms with van der Waals surface area (Å²) in [5.41, 5.74) is 6.89. The Kier molecular flexibility index (Phi) is 2.99. The fourth-order valence-electron chi connectivity index (χ4n) is 2.34. The van der Waals surface area contributed by atoms with E-state index in [2.05, 4.69) is 37.8 Å². The van der Waals surface area contributed by atoms with Crippen molar-refractivity contribution in [2.75, 3.05) is 18.0 Å². The van der Waals surface area contributed by atoms with Crippen molar-refractivity contribution in [2.24, 2.45) is 11.7 Å². The predicted molar refractivity (Wildman–Crippen MR) is 74.7 cm³/mol. The van der Waals surface area contributed by atoms with Gasteiger partial charge in [0.25, 0.3) is 0 Å². The van der Waals surface area contributed by atoms with Crippen molar-refractivity contribution in [3.05, 3.63) is 22.8 Å². The molecule has 0 amide bonds. The van der Waals surface area contributed by atoms with Gasteiger partial charge in [0, 0.05) is 25.3 Å². The standard InChI is InChI=1S/C12H16BrN5/c1-8-7-17(6-4-10(8)14)12-15-11-9(13)3-2-5-18(11)16-12/h2-3,5,8,10H,4,6-7,14H2,1H3. The van der Waals surface area contributed by atoms with E-state index in [-0.39, 0.29) is 0 Å². The summed E-state index contributed by atoms with van der Waals surface area (Å²) in [4.78, 5) is 6.80. The molecule has 0 aliphatic carbocycles. The highest BCUT2D eigenvalue weighted by Crippen LogP contribution is 2.22. The topological polar surface area (TPSA) is 59.5 Å². The number of halogens is 1. The van der Waals surface area contributed by atoms with E-state index in [0.29, 0.717) is 12.0 Å². The molecule has 6 heteroatoms. The quantitative estimate of drug-likeness (QED) is 0.870. The molecule has 1 saturated heterocycles. The monoisotopic (exact) mass is 309 g/mol. The third-order valence-corrected chi connectivity index (χ3v) is 4.18. The molecule has 2 atom stereocenters. The molecule has 2 aromatic rings. The number of aromatic nitrogens is 3. The number of anilines is 1. The number of fused-ring (bicyclic) bond motifs is 1. The molecular formula is C12H16BrN5. The van der Waals surface area contributed by atoms with Gasteiger partial charge in [-0.2, -0.15) is 4.98 Å². The number of nitrogens with two attached hydrogens (primary N) is 1. The summed E-state index contributed by atoms with van der Waals surface area (Å²) < 4.78 is 2.77. The van der Waals surface area contributed by atoms with Gasteiger partial charge in [-0.15, -0.1) is 5.10 Å². The number of nitrogens with zero attached hydrogens (tertiary/aromatic N) is 4. The molecule has 0 saturated carbocycles. The Morgan fingerprint density at radius 2 is 2.33 bits per heavy atom. The molecule has 3 heterocycles. The van der Waals surface area contributed by atoms with Gasteiger partial charge in [-0.05, 0) is 40.4 Å². The van der Waals surface area contributed by atoms with Crippen LogP contribution in [0.25, 0.3) is 5.65 Å². The fourth-order valence-corrected chi connectivity index (χ4v) is 2.76. The summed E-state index contributed by atoms with van der Waals surface area (Å²) in [6.07, 6.45) is 2.91. The number of hydrogen-bond donors (Lipinski definition) is 1. The van der Waals surface area contributed by atoms with E-state index < -0.39 is 0 Å². The van der Waals surface area contributed by atoms with E-state index in [9.17, 15) is 0 Å². The maximum Gasteiger partial charge on any atom is 0.245 e.